The van der Waals surface area contributed by atoms with E-state index < -0.39 is 23.3 Å². The predicted molar refractivity (Wildman–Crippen MR) is 153 cm³/mol. The Balaban J connectivity index is 1.44. The van der Waals surface area contributed by atoms with Crippen molar-refractivity contribution < 1.29 is 27.0 Å². The lowest BCUT2D eigenvalue weighted by atomic mass is 9.88. The van der Waals surface area contributed by atoms with E-state index in [9.17, 15) is 8.78 Å². The molecule has 2 unspecified atom stereocenters. The SMILES string of the molecule is C/C=C/CCC1CCC(c2ccc(-c3ccc(-c4ccc(OCCCCCC)c(F)c4F)cc3)c(F)c2F)CO1. The molecular weight excluding hydrogens is 516 g/mol. The third kappa shape index (κ3) is 7.14. The molecule has 1 heterocycles. The summed E-state index contributed by atoms with van der Waals surface area (Å²) >= 11 is 0. The van der Waals surface area contributed by atoms with E-state index in [-0.39, 0.29) is 28.9 Å². The fourth-order valence-corrected chi connectivity index (χ4v) is 5.24. The van der Waals surface area contributed by atoms with Crippen LogP contribution in [0.25, 0.3) is 22.3 Å². The highest BCUT2D eigenvalue weighted by Crippen LogP contribution is 2.36. The Morgan fingerprint density at radius 2 is 1.48 bits per heavy atom. The van der Waals surface area contributed by atoms with Crippen molar-refractivity contribution in [3.8, 4) is 28.0 Å². The van der Waals surface area contributed by atoms with Crippen LogP contribution in [0.4, 0.5) is 17.6 Å². The lowest BCUT2D eigenvalue weighted by Crippen LogP contribution is -2.25. The van der Waals surface area contributed by atoms with Crippen molar-refractivity contribution in [2.45, 2.75) is 77.2 Å². The molecule has 0 bridgehead atoms. The van der Waals surface area contributed by atoms with Crippen LogP contribution in [0.5, 0.6) is 5.75 Å². The highest BCUT2D eigenvalue weighted by atomic mass is 19.2. The molecule has 0 spiro atoms. The minimum atomic E-state index is -1.03. The third-order valence-corrected chi connectivity index (χ3v) is 7.62. The van der Waals surface area contributed by atoms with Crippen LogP contribution in [-0.2, 0) is 4.74 Å². The van der Waals surface area contributed by atoms with Gasteiger partial charge in [0.1, 0.15) is 0 Å². The Morgan fingerprint density at radius 1 is 0.800 bits per heavy atom. The molecule has 2 nitrogen and oxygen atoms in total. The van der Waals surface area contributed by atoms with Crippen molar-refractivity contribution in [1.29, 1.82) is 0 Å². The zero-order chi connectivity index (χ0) is 28.5. The molecule has 40 heavy (non-hydrogen) atoms. The summed E-state index contributed by atoms with van der Waals surface area (Å²) in [5.41, 5.74) is 1.40. The highest BCUT2D eigenvalue weighted by molar-refractivity contribution is 5.72. The van der Waals surface area contributed by atoms with E-state index in [0.29, 0.717) is 29.9 Å². The minimum absolute atomic E-state index is 0.0747. The summed E-state index contributed by atoms with van der Waals surface area (Å²) in [4.78, 5) is 0. The fraction of sp³-hybridized carbons (Fsp3) is 0.412. The molecule has 0 saturated carbocycles. The Hall–Kier alpha value is -3.12. The molecule has 214 valence electrons. The second kappa shape index (κ2) is 14.5. The number of unbranched alkanes of at least 4 members (excludes halogenated alkanes) is 3. The first-order valence-corrected chi connectivity index (χ1v) is 14.4. The first kappa shape index (κ1) is 29.9. The second-order valence-electron chi connectivity index (χ2n) is 10.4. The molecule has 4 rings (SSSR count). The summed E-state index contributed by atoms with van der Waals surface area (Å²) in [5.74, 6) is -4.11. The Labute approximate surface area is 235 Å². The lowest BCUT2D eigenvalue weighted by Gasteiger charge is -2.29. The third-order valence-electron chi connectivity index (χ3n) is 7.62. The number of benzene rings is 3. The normalized spacial score (nSPS) is 17.4. The van der Waals surface area contributed by atoms with Gasteiger partial charge < -0.3 is 9.47 Å². The van der Waals surface area contributed by atoms with Crippen LogP contribution in [0.15, 0.2) is 60.7 Å². The summed E-state index contributed by atoms with van der Waals surface area (Å²) in [6.45, 7) is 4.78. The monoisotopic (exact) mass is 554 g/mol. The maximum atomic E-state index is 15.2. The van der Waals surface area contributed by atoms with E-state index in [1.807, 2.05) is 13.0 Å². The summed E-state index contributed by atoms with van der Waals surface area (Å²) in [6.07, 6.45) is 11.6. The van der Waals surface area contributed by atoms with Crippen molar-refractivity contribution >= 4 is 0 Å². The minimum Gasteiger partial charge on any atom is -0.490 e. The van der Waals surface area contributed by atoms with Gasteiger partial charge in [-0.3, -0.25) is 0 Å². The molecule has 0 aromatic heterocycles. The van der Waals surface area contributed by atoms with E-state index in [1.54, 1.807) is 36.4 Å². The average Bonchev–Trinajstić information content (AvgIpc) is 2.97. The summed E-state index contributed by atoms with van der Waals surface area (Å²) in [6, 6.07) is 12.4. The van der Waals surface area contributed by atoms with Crippen LogP contribution in [-0.4, -0.2) is 19.3 Å². The molecule has 1 aliphatic rings. The van der Waals surface area contributed by atoms with Crippen LogP contribution in [0.2, 0.25) is 0 Å². The van der Waals surface area contributed by atoms with Gasteiger partial charge in [0.2, 0.25) is 5.82 Å². The topological polar surface area (TPSA) is 18.5 Å². The number of ether oxygens (including phenoxy) is 2. The van der Waals surface area contributed by atoms with Gasteiger partial charge in [-0.05, 0) is 67.9 Å². The molecule has 0 amide bonds. The lowest BCUT2D eigenvalue weighted by molar-refractivity contribution is -0.000894. The summed E-state index contributed by atoms with van der Waals surface area (Å²) in [7, 11) is 0. The molecule has 1 aliphatic heterocycles. The number of hydrogen-bond donors (Lipinski definition) is 0. The van der Waals surface area contributed by atoms with Crippen LogP contribution in [0.3, 0.4) is 0 Å². The largest absolute Gasteiger partial charge is 0.490 e. The molecule has 0 radical (unpaired) electrons. The average molecular weight is 555 g/mol. The first-order chi connectivity index (χ1) is 19.4. The van der Waals surface area contributed by atoms with Crippen LogP contribution >= 0.6 is 0 Å². The van der Waals surface area contributed by atoms with Gasteiger partial charge in [-0.15, -0.1) is 0 Å². The zero-order valence-electron chi connectivity index (χ0n) is 23.3. The smallest absolute Gasteiger partial charge is 0.201 e. The van der Waals surface area contributed by atoms with Gasteiger partial charge in [0, 0.05) is 17.0 Å². The van der Waals surface area contributed by atoms with E-state index in [1.165, 1.54) is 12.1 Å². The molecule has 3 aromatic carbocycles. The van der Waals surface area contributed by atoms with Gasteiger partial charge in [0.25, 0.3) is 0 Å². The van der Waals surface area contributed by atoms with Crippen LogP contribution < -0.4 is 4.74 Å². The number of rotatable bonds is 12. The van der Waals surface area contributed by atoms with Crippen molar-refractivity contribution in [3.05, 3.63) is 89.5 Å². The van der Waals surface area contributed by atoms with Gasteiger partial charge in [-0.25, -0.2) is 13.2 Å². The van der Waals surface area contributed by atoms with E-state index >= 15 is 8.78 Å². The molecule has 2 atom stereocenters. The maximum absolute atomic E-state index is 15.2. The van der Waals surface area contributed by atoms with Crippen LogP contribution in [0.1, 0.15) is 76.7 Å². The fourth-order valence-electron chi connectivity index (χ4n) is 5.24. The molecule has 6 heteroatoms. The van der Waals surface area contributed by atoms with Crippen molar-refractivity contribution in [1.82, 2.24) is 0 Å². The molecule has 3 aromatic rings. The summed E-state index contributed by atoms with van der Waals surface area (Å²) < 4.78 is 71.2. The van der Waals surface area contributed by atoms with Gasteiger partial charge in [-0.1, -0.05) is 74.7 Å². The van der Waals surface area contributed by atoms with E-state index in [4.69, 9.17) is 9.47 Å². The highest BCUT2D eigenvalue weighted by Gasteiger charge is 2.27. The molecular formula is C34H38F4O2. The van der Waals surface area contributed by atoms with Crippen molar-refractivity contribution in [2.24, 2.45) is 0 Å². The number of hydrogen-bond acceptors (Lipinski definition) is 2. The van der Waals surface area contributed by atoms with Gasteiger partial charge in [0.05, 0.1) is 19.3 Å². The molecule has 0 N–H and O–H groups in total. The predicted octanol–water partition coefficient (Wildman–Crippen LogP) is 10.2. The molecule has 0 aliphatic carbocycles. The van der Waals surface area contributed by atoms with Crippen molar-refractivity contribution in [3.63, 3.8) is 0 Å². The molecule has 1 saturated heterocycles. The maximum Gasteiger partial charge on any atom is 0.201 e. The Bertz CT molecular complexity index is 1280. The first-order valence-electron chi connectivity index (χ1n) is 14.4. The standard InChI is InChI=1S/C34H38F4O2/c1-3-5-7-9-21-39-30-20-19-28(33(37)34(30)38)24-13-11-23(12-14-24)27-17-18-29(32(36)31(27)35)25-15-16-26(40-22-25)10-8-6-4-2/h4,6,11-14,17-20,25-26H,3,5,7-10,15-16,21-22H2,1-2H3/b6-4+. The van der Waals surface area contributed by atoms with E-state index in [0.717, 1.165) is 51.4 Å². The Kier molecular flexibility index (Phi) is 10.8. The second-order valence-corrected chi connectivity index (χ2v) is 10.4. The molecule has 1 fully saturated rings. The van der Waals surface area contributed by atoms with Crippen LogP contribution in [0, 0.1) is 23.3 Å². The number of allylic oxidation sites excluding steroid dienone is 2. The van der Waals surface area contributed by atoms with E-state index in [2.05, 4.69) is 13.0 Å². The van der Waals surface area contributed by atoms with Gasteiger partial charge >= 0.3 is 0 Å². The van der Waals surface area contributed by atoms with Gasteiger partial charge in [-0.2, -0.15) is 4.39 Å². The zero-order valence-corrected chi connectivity index (χ0v) is 23.3. The summed E-state index contributed by atoms with van der Waals surface area (Å²) in [5, 5.41) is 0. The van der Waals surface area contributed by atoms with Crippen molar-refractivity contribution in [2.75, 3.05) is 13.2 Å². The van der Waals surface area contributed by atoms with Gasteiger partial charge in [0.15, 0.2) is 23.2 Å². The Morgan fingerprint density at radius 3 is 2.10 bits per heavy atom. The quantitative estimate of drug-likeness (QED) is 0.126. The number of halogens is 4.